The Morgan fingerprint density at radius 3 is 2.76 bits per heavy atom. The van der Waals surface area contributed by atoms with E-state index in [4.69, 9.17) is 5.11 Å². The van der Waals surface area contributed by atoms with Gasteiger partial charge in [0.1, 0.15) is 5.70 Å². The third kappa shape index (κ3) is 2.20. The molecule has 2 N–H and O–H groups in total. The predicted octanol–water partition coefficient (Wildman–Crippen LogP) is 1.56. The lowest BCUT2D eigenvalue weighted by Crippen LogP contribution is -2.21. The summed E-state index contributed by atoms with van der Waals surface area (Å²) < 4.78 is 0. The van der Waals surface area contributed by atoms with Gasteiger partial charge in [-0.2, -0.15) is 0 Å². The van der Waals surface area contributed by atoms with E-state index in [0.717, 1.165) is 24.0 Å². The molecule has 0 aromatic heterocycles. The summed E-state index contributed by atoms with van der Waals surface area (Å²) in [5.74, 6) is -1.09. The lowest BCUT2D eigenvalue weighted by atomic mass is 9.86. The number of carboxylic acids is 1. The minimum Gasteiger partial charge on any atom is -0.477 e. The Hall–Kier alpha value is -2.10. The molecule has 1 aliphatic rings. The molecule has 2 rings (SSSR count). The number of benzene rings is 1. The van der Waals surface area contributed by atoms with Crippen molar-refractivity contribution in [2.45, 2.75) is 19.3 Å². The third-order valence-corrected chi connectivity index (χ3v) is 2.93. The van der Waals surface area contributed by atoms with Crippen molar-refractivity contribution < 1.29 is 14.7 Å². The van der Waals surface area contributed by atoms with E-state index in [2.05, 4.69) is 5.32 Å². The molecule has 0 fully saturated rings. The number of carboxylic acid groups (broad SMARTS) is 1. The minimum absolute atomic E-state index is 0.00727. The zero-order chi connectivity index (χ0) is 12.3. The number of aryl methyl sites for hydroxylation is 1. The summed E-state index contributed by atoms with van der Waals surface area (Å²) in [4.78, 5) is 21.6. The molecule has 0 heterocycles. The van der Waals surface area contributed by atoms with Crippen LogP contribution < -0.4 is 5.32 Å². The Morgan fingerprint density at radius 2 is 2.06 bits per heavy atom. The number of carbonyl (C=O) groups excluding carboxylic acids is 1. The summed E-state index contributed by atoms with van der Waals surface area (Å²) in [6, 6.07) is 7.72. The van der Waals surface area contributed by atoms with Gasteiger partial charge in [-0.3, -0.25) is 4.79 Å². The van der Waals surface area contributed by atoms with Gasteiger partial charge in [-0.25, -0.2) is 4.79 Å². The number of fused-ring (bicyclic) bond motifs is 1. The molecule has 1 aromatic carbocycles. The summed E-state index contributed by atoms with van der Waals surface area (Å²) in [5, 5.41) is 11.4. The molecule has 0 atom stereocenters. The van der Waals surface area contributed by atoms with Gasteiger partial charge in [-0.15, -0.1) is 0 Å². The molecule has 0 spiro atoms. The van der Waals surface area contributed by atoms with Crippen LogP contribution in [0.25, 0.3) is 5.57 Å². The zero-order valence-corrected chi connectivity index (χ0v) is 9.27. The highest BCUT2D eigenvalue weighted by molar-refractivity contribution is 5.98. The van der Waals surface area contributed by atoms with E-state index < -0.39 is 5.97 Å². The first-order chi connectivity index (χ1) is 8.24. The van der Waals surface area contributed by atoms with Crippen molar-refractivity contribution in [2.24, 2.45) is 0 Å². The number of hydrogen-bond acceptors (Lipinski definition) is 2. The molecule has 17 heavy (non-hydrogen) atoms. The molecule has 0 aliphatic heterocycles. The Bertz CT molecular complexity index is 491. The van der Waals surface area contributed by atoms with Crippen LogP contribution in [0, 0.1) is 0 Å². The van der Waals surface area contributed by atoms with E-state index in [1.807, 2.05) is 24.3 Å². The van der Waals surface area contributed by atoms with Gasteiger partial charge in [0, 0.05) is 0 Å². The van der Waals surface area contributed by atoms with Gasteiger partial charge in [0.2, 0.25) is 6.41 Å². The van der Waals surface area contributed by atoms with E-state index in [9.17, 15) is 9.59 Å². The number of amides is 1. The van der Waals surface area contributed by atoms with Crippen molar-refractivity contribution in [3.05, 3.63) is 41.1 Å². The molecular formula is C13H13NO3. The molecule has 1 aliphatic carbocycles. The van der Waals surface area contributed by atoms with Crippen LogP contribution in [0.3, 0.4) is 0 Å². The average Bonchev–Trinajstić information content (AvgIpc) is 2.35. The summed E-state index contributed by atoms with van der Waals surface area (Å²) >= 11 is 0. The van der Waals surface area contributed by atoms with E-state index in [-0.39, 0.29) is 5.70 Å². The number of carbonyl (C=O) groups is 2. The highest BCUT2D eigenvalue weighted by atomic mass is 16.4. The van der Waals surface area contributed by atoms with E-state index in [1.54, 1.807) is 0 Å². The fraction of sp³-hybridized carbons (Fsp3) is 0.231. The monoisotopic (exact) mass is 231 g/mol. The Kier molecular flexibility index (Phi) is 3.23. The highest BCUT2D eigenvalue weighted by Crippen LogP contribution is 2.32. The summed E-state index contributed by atoms with van der Waals surface area (Å²) in [6.45, 7) is 0. The Labute approximate surface area is 99.0 Å². The van der Waals surface area contributed by atoms with Gasteiger partial charge in [0.15, 0.2) is 0 Å². The lowest BCUT2D eigenvalue weighted by Gasteiger charge is -2.20. The number of hydrogen-bond donors (Lipinski definition) is 2. The van der Waals surface area contributed by atoms with Gasteiger partial charge >= 0.3 is 5.97 Å². The normalized spacial score (nSPS) is 16.9. The standard InChI is InChI=1S/C13H13NO3/c15-8-14-12(13(16)17)11-7-3-5-9-4-1-2-6-10(9)11/h1-2,4,6,8H,3,5,7H2,(H,14,15)(H,16,17)/b12-11-. The van der Waals surface area contributed by atoms with Crippen molar-refractivity contribution in [1.82, 2.24) is 5.32 Å². The number of aliphatic carboxylic acids is 1. The van der Waals surface area contributed by atoms with Crippen LogP contribution >= 0.6 is 0 Å². The van der Waals surface area contributed by atoms with Crippen LogP contribution in [0.2, 0.25) is 0 Å². The van der Waals surface area contributed by atoms with Crippen LogP contribution in [-0.2, 0) is 16.0 Å². The van der Waals surface area contributed by atoms with Crippen LogP contribution in [0.4, 0.5) is 0 Å². The van der Waals surface area contributed by atoms with Gasteiger partial charge < -0.3 is 10.4 Å². The molecular weight excluding hydrogens is 218 g/mol. The lowest BCUT2D eigenvalue weighted by molar-refractivity contribution is -0.133. The number of rotatable bonds is 3. The molecule has 4 nitrogen and oxygen atoms in total. The molecule has 88 valence electrons. The molecule has 1 amide bonds. The first-order valence-corrected chi connectivity index (χ1v) is 5.49. The number of allylic oxidation sites excluding steroid dienone is 1. The largest absolute Gasteiger partial charge is 0.477 e. The van der Waals surface area contributed by atoms with Gasteiger partial charge in [0.05, 0.1) is 0 Å². The van der Waals surface area contributed by atoms with E-state index in [0.29, 0.717) is 18.4 Å². The van der Waals surface area contributed by atoms with Crippen molar-refractivity contribution in [2.75, 3.05) is 0 Å². The fourth-order valence-corrected chi connectivity index (χ4v) is 2.22. The number of nitrogens with one attached hydrogen (secondary N) is 1. The second-order valence-electron chi connectivity index (χ2n) is 3.93. The maximum absolute atomic E-state index is 11.1. The SMILES string of the molecule is O=CN/C(C(=O)O)=C1/CCCc2ccccc21. The first kappa shape index (κ1) is 11.4. The maximum Gasteiger partial charge on any atom is 0.352 e. The Morgan fingerprint density at radius 1 is 1.29 bits per heavy atom. The summed E-state index contributed by atoms with van der Waals surface area (Å²) in [5.41, 5.74) is 2.78. The summed E-state index contributed by atoms with van der Waals surface area (Å²) in [7, 11) is 0. The highest BCUT2D eigenvalue weighted by Gasteiger charge is 2.20. The van der Waals surface area contributed by atoms with E-state index >= 15 is 0 Å². The molecule has 0 radical (unpaired) electrons. The van der Waals surface area contributed by atoms with Crippen LogP contribution in [0.1, 0.15) is 24.0 Å². The quantitative estimate of drug-likeness (QED) is 0.613. The molecule has 0 saturated heterocycles. The smallest absolute Gasteiger partial charge is 0.352 e. The third-order valence-electron chi connectivity index (χ3n) is 2.93. The first-order valence-electron chi connectivity index (χ1n) is 5.49. The zero-order valence-electron chi connectivity index (χ0n) is 9.27. The second-order valence-corrected chi connectivity index (χ2v) is 3.93. The maximum atomic E-state index is 11.1. The van der Waals surface area contributed by atoms with Crippen molar-refractivity contribution in [1.29, 1.82) is 0 Å². The van der Waals surface area contributed by atoms with Gasteiger partial charge in [-0.05, 0) is 36.0 Å². The molecule has 1 aromatic rings. The fourth-order valence-electron chi connectivity index (χ4n) is 2.22. The molecule has 0 bridgehead atoms. The van der Waals surface area contributed by atoms with Gasteiger partial charge in [0.25, 0.3) is 0 Å². The van der Waals surface area contributed by atoms with Crippen molar-refractivity contribution in [3.63, 3.8) is 0 Å². The minimum atomic E-state index is -1.09. The molecule has 0 saturated carbocycles. The average molecular weight is 231 g/mol. The second kappa shape index (κ2) is 4.82. The van der Waals surface area contributed by atoms with Crippen LogP contribution in [0.5, 0.6) is 0 Å². The van der Waals surface area contributed by atoms with Crippen LogP contribution in [0.15, 0.2) is 30.0 Å². The van der Waals surface area contributed by atoms with Gasteiger partial charge in [-0.1, -0.05) is 24.3 Å². The van der Waals surface area contributed by atoms with Crippen molar-refractivity contribution in [3.8, 4) is 0 Å². The Balaban J connectivity index is 2.55. The van der Waals surface area contributed by atoms with Crippen LogP contribution in [-0.4, -0.2) is 17.5 Å². The molecule has 0 unspecified atom stereocenters. The topological polar surface area (TPSA) is 66.4 Å². The van der Waals surface area contributed by atoms with E-state index in [1.165, 1.54) is 0 Å². The summed E-state index contributed by atoms with van der Waals surface area (Å²) in [6.07, 6.45) is 2.95. The molecule has 4 heteroatoms. The van der Waals surface area contributed by atoms with Crippen molar-refractivity contribution >= 4 is 18.0 Å². The predicted molar refractivity (Wildman–Crippen MR) is 63.1 cm³/mol.